The van der Waals surface area contributed by atoms with Gasteiger partial charge in [0.15, 0.2) is 5.03 Å². The molecule has 0 N–H and O–H groups in total. The first-order chi connectivity index (χ1) is 14.0. The molecule has 1 saturated heterocycles. The first kappa shape index (κ1) is 19.7. The number of aromatic nitrogens is 3. The van der Waals surface area contributed by atoms with Crippen molar-refractivity contribution in [1.29, 1.82) is 0 Å². The summed E-state index contributed by atoms with van der Waals surface area (Å²) in [5.74, 6) is 1.88. The minimum Gasteiger partial charge on any atom is -0.496 e. The SMILES string of the molecule is COc1ccccc1Cc1cnc([C@@H]2CCCCN2S(=O)(=O)c2cn(C)cn2)o1. The Balaban J connectivity index is 1.60. The second-order valence-electron chi connectivity index (χ2n) is 7.16. The van der Waals surface area contributed by atoms with Crippen molar-refractivity contribution in [1.82, 2.24) is 18.8 Å². The van der Waals surface area contributed by atoms with Crippen molar-refractivity contribution in [2.75, 3.05) is 13.7 Å². The van der Waals surface area contributed by atoms with Crippen LogP contribution in [-0.4, -0.2) is 40.9 Å². The molecule has 3 aromatic rings. The molecule has 29 heavy (non-hydrogen) atoms. The van der Waals surface area contributed by atoms with E-state index in [1.807, 2.05) is 24.3 Å². The van der Waals surface area contributed by atoms with Crippen LogP contribution in [0.2, 0.25) is 0 Å². The van der Waals surface area contributed by atoms with E-state index in [4.69, 9.17) is 9.15 Å². The van der Waals surface area contributed by atoms with E-state index in [-0.39, 0.29) is 5.03 Å². The fraction of sp³-hybridized carbons (Fsp3) is 0.400. The van der Waals surface area contributed by atoms with Crippen LogP contribution in [0.15, 0.2) is 52.4 Å². The Labute approximate surface area is 170 Å². The third kappa shape index (κ3) is 3.92. The average Bonchev–Trinajstić information content (AvgIpc) is 3.38. The first-order valence-corrected chi connectivity index (χ1v) is 11.0. The van der Waals surface area contributed by atoms with Crippen molar-refractivity contribution in [3.63, 3.8) is 0 Å². The maximum Gasteiger partial charge on any atom is 0.262 e. The third-order valence-electron chi connectivity index (χ3n) is 5.12. The molecule has 0 amide bonds. The molecule has 1 aliphatic heterocycles. The van der Waals surface area contributed by atoms with E-state index in [9.17, 15) is 8.42 Å². The molecule has 9 heteroatoms. The number of sulfonamides is 1. The van der Waals surface area contributed by atoms with E-state index in [2.05, 4.69) is 9.97 Å². The lowest BCUT2D eigenvalue weighted by molar-refractivity contribution is 0.216. The van der Waals surface area contributed by atoms with Gasteiger partial charge in [0, 0.05) is 31.8 Å². The Morgan fingerprint density at radius 3 is 2.83 bits per heavy atom. The zero-order chi connectivity index (χ0) is 20.4. The van der Waals surface area contributed by atoms with Crippen LogP contribution in [0.3, 0.4) is 0 Å². The van der Waals surface area contributed by atoms with Crippen LogP contribution in [0.1, 0.15) is 42.5 Å². The Hall–Kier alpha value is -2.65. The summed E-state index contributed by atoms with van der Waals surface area (Å²) >= 11 is 0. The summed E-state index contributed by atoms with van der Waals surface area (Å²) in [4.78, 5) is 8.45. The Kier molecular flexibility index (Phi) is 5.42. The fourth-order valence-electron chi connectivity index (χ4n) is 3.68. The Morgan fingerprint density at radius 1 is 1.24 bits per heavy atom. The summed E-state index contributed by atoms with van der Waals surface area (Å²) in [5, 5.41) is 0.0488. The topological polar surface area (TPSA) is 90.5 Å². The van der Waals surface area contributed by atoms with E-state index < -0.39 is 16.1 Å². The monoisotopic (exact) mass is 416 g/mol. The van der Waals surface area contributed by atoms with Crippen molar-refractivity contribution in [2.45, 2.75) is 36.8 Å². The van der Waals surface area contributed by atoms with Gasteiger partial charge in [-0.15, -0.1) is 0 Å². The molecule has 0 saturated carbocycles. The number of benzene rings is 1. The van der Waals surface area contributed by atoms with Crippen LogP contribution < -0.4 is 4.74 Å². The number of hydrogen-bond donors (Lipinski definition) is 0. The standard InChI is InChI=1S/C20H24N4O4S/c1-23-13-19(22-14-23)29(25,26)24-10-6-5-8-17(24)20-21-12-16(28-20)11-15-7-3-4-9-18(15)27-2/h3-4,7,9,12-14,17H,5-6,8,10-11H2,1-2H3/t17-/m0/s1. The summed E-state index contributed by atoms with van der Waals surface area (Å²) in [5.41, 5.74) is 0.985. The maximum atomic E-state index is 13.1. The first-order valence-electron chi connectivity index (χ1n) is 9.55. The molecule has 0 radical (unpaired) electrons. The van der Waals surface area contributed by atoms with Gasteiger partial charge in [-0.25, -0.2) is 18.4 Å². The van der Waals surface area contributed by atoms with Gasteiger partial charge < -0.3 is 13.7 Å². The molecule has 8 nitrogen and oxygen atoms in total. The Morgan fingerprint density at radius 2 is 2.07 bits per heavy atom. The molecule has 154 valence electrons. The van der Waals surface area contributed by atoms with Gasteiger partial charge in [-0.2, -0.15) is 4.31 Å². The lowest BCUT2D eigenvalue weighted by Gasteiger charge is -2.31. The number of methoxy groups -OCH3 is 1. The van der Waals surface area contributed by atoms with Crippen LogP contribution >= 0.6 is 0 Å². The molecule has 4 rings (SSSR count). The van der Waals surface area contributed by atoms with Crippen LogP contribution in [0.4, 0.5) is 0 Å². The largest absolute Gasteiger partial charge is 0.496 e. The minimum absolute atomic E-state index is 0.0488. The van der Waals surface area contributed by atoms with Crippen molar-refractivity contribution >= 4 is 10.0 Å². The fourth-order valence-corrected chi connectivity index (χ4v) is 5.30. The number of imidazole rings is 1. The average molecular weight is 417 g/mol. The molecule has 2 aromatic heterocycles. The Bertz CT molecular complexity index is 1090. The second kappa shape index (κ2) is 8.00. The lowest BCUT2D eigenvalue weighted by atomic mass is 10.1. The van der Waals surface area contributed by atoms with E-state index in [1.54, 1.807) is 24.9 Å². The highest BCUT2D eigenvalue weighted by Gasteiger charge is 2.38. The predicted molar refractivity (Wildman–Crippen MR) is 106 cm³/mol. The van der Waals surface area contributed by atoms with Crippen molar-refractivity contribution in [3.8, 4) is 5.75 Å². The number of piperidine rings is 1. The number of para-hydroxylation sites is 1. The molecule has 3 heterocycles. The number of oxazole rings is 1. The molecule has 0 bridgehead atoms. The number of aryl methyl sites for hydroxylation is 1. The molecular formula is C20H24N4O4S. The van der Waals surface area contributed by atoms with Crippen molar-refractivity contribution in [2.24, 2.45) is 7.05 Å². The molecular weight excluding hydrogens is 392 g/mol. The number of ether oxygens (including phenoxy) is 1. The molecule has 1 aliphatic rings. The number of nitrogens with zero attached hydrogens (tertiary/aromatic N) is 4. The predicted octanol–water partition coefficient (Wildman–Crippen LogP) is 2.92. The van der Waals surface area contributed by atoms with Gasteiger partial charge in [-0.1, -0.05) is 24.6 Å². The molecule has 0 unspecified atom stereocenters. The van der Waals surface area contributed by atoms with E-state index in [0.717, 1.165) is 24.2 Å². The highest BCUT2D eigenvalue weighted by atomic mass is 32.2. The lowest BCUT2D eigenvalue weighted by Crippen LogP contribution is -2.38. The van der Waals surface area contributed by atoms with Gasteiger partial charge >= 0.3 is 0 Å². The van der Waals surface area contributed by atoms with Crippen LogP contribution in [0.5, 0.6) is 5.75 Å². The van der Waals surface area contributed by atoms with Crippen LogP contribution in [0.25, 0.3) is 0 Å². The second-order valence-corrected chi connectivity index (χ2v) is 9.00. The molecule has 1 atom stereocenters. The van der Waals surface area contributed by atoms with Crippen molar-refractivity contribution in [3.05, 3.63) is 60.2 Å². The van der Waals surface area contributed by atoms with Gasteiger partial charge in [-0.05, 0) is 18.9 Å². The van der Waals surface area contributed by atoms with E-state index >= 15 is 0 Å². The molecule has 1 fully saturated rings. The molecule has 0 spiro atoms. The maximum absolute atomic E-state index is 13.1. The highest BCUT2D eigenvalue weighted by Crippen LogP contribution is 2.35. The number of hydrogen-bond acceptors (Lipinski definition) is 6. The van der Waals surface area contributed by atoms with Gasteiger partial charge in [-0.3, -0.25) is 0 Å². The zero-order valence-corrected chi connectivity index (χ0v) is 17.3. The normalized spacial score (nSPS) is 18.1. The van der Waals surface area contributed by atoms with Gasteiger partial charge in [0.1, 0.15) is 17.6 Å². The summed E-state index contributed by atoms with van der Waals surface area (Å²) in [7, 11) is -0.338. The zero-order valence-electron chi connectivity index (χ0n) is 16.5. The summed E-state index contributed by atoms with van der Waals surface area (Å²) < 4.78 is 40.7. The number of rotatable bonds is 6. The van der Waals surface area contributed by atoms with E-state index in [1.165, 1.54) is 16.8 Å². The van der Waals surface area contributed by atoms with Crippen LogP contribution in [-0.2, 0) is 23.5 Å². The summed E-state index contributed by atoms with van der Waals surface area (Å²) in [6.45, 7) is 0.424. The summed E-state index contributed by atoms with van der Waals surface area (Å²) in [6.07, 6.45) is 7.59. The van der Waals surface area contributed by atoms with Crippen molar-refractivity contribution < 1.29 is 17.6 Å². The smallest absolute Gasteiger partial charge is 0.262 e. The van der Waals surface area contributed by atoms with Gasteiger partial charge in [0.05, 0.1) is 19.6 Å². The van der Waals surface area contributed by atoms with Crippen LogP contribution in [0, 0.1) is 0 Å². The molecule has 1 aromatic carbocycles. The molecule has 0 aliphatic carbocycles. The van der Waals surface area contributed by atoms with Gasteiger partial charge in [0.25, 0.3) is 10.0 Å². The quantitative estimate of drug-likeness (QED) is 0.614. The third-order valence-corrected chi connectivity index (χ3v) is 6.92. The van der Waals surface area contributed by atoms with E-state index in [0.29, 0.717) is 31.0 Å². The minimum atomic E-state index is -3.72. The van der Waals surface area contributed by atoms with Gasteiger partial charge in [0.2, 0.25) is 5.89 Å². The highest BCUT2D eigenvalue weighted by molar-refractivity contribution is 7.89. The summed E-state index contributed by atoms with van der Waals surface area (Å²) in [6, 6.07) is 7.30.